The molecule has 0 bridgehead atoms. The van der Waals surface area contributed by atoms with Gasteiger partial charge >= 0.3 is 5.97 Å². The fourth-order valence-electron chi connectivity index (χ4n) is 1.97. The van der Waals surface area contributed by atoms with Crippen LogP contribution >= 0.6 is 0 Å². The minimum atomic E-state index is -1.04. The second kappa shape index (κ2) is 8.73. The van der Waals surface area contributed by atoms with Gasteiger partial charge in [-0.05, 0) is 36.1 Å². The summed E-state index contributed by atoms with van der Waals surface area (Å²) in [6.07, 6.45) is 3.26. The van der Waals surface area contributed by atoms with E-state index in [1.807, 2.05) is 13.8 Å². The van der Waals surface area contributed by atoms with E-state index in [2.05, 4.69) is 10.6 Å². The van der Waals surface area contributed by atoms with Gasteiger partial charge in [-0.3, -0.25) is 9.59 Å². The largest absolute Gasteiger partial charge is 0.480 e. The van der Waals surface area contributed by atoms with Gasteiger partial charge in [0.15, 0.2) is 0 Å². The number of carboxylic acids is 1. The minimum absolute atomic E-state index is 0.155. The van der Waals surface area contributed by atoms with Crippen LogP contribution in [0.15, 0.2) is 30.3 Å². The number of aliphatic carboxylic acids is 1. The lowest BCUT2D eigenvalue weighted by Crippen LogP contribution is -2.40. The molecule has 1 atom stereocenters. The van der Waals surface area contributed by atoms with Gasteiger partial charge < -0.3 is 15.7 Å². The monoisotopic (exact) mass is 318 g/mol. The SMILES string of the molecule is CC(=O)Nc1ccc(C=CC(=O)N[C@H](CC(C)C)C(=O)O)cc1. The van der Waals surface area contributed by atoms with Crippen molar-refractivity contribution in [1.29, 1.82) is 0 Å². The molecule has 1 aromatic carbocycles. The lowest BCUT2D eigenvalue weighted by molar-refractivity contribution is -0.141. The zero-order chi connectivity index (χ0) is 17.4. The second-order valence-corrected chi connectivity index (χ2v) is 5.67. The molecule has 0 spiro atoms. The molecule has 124 valence electrons. The lowest BCUT2D eigenvalue weighted by Gasteiger charge is -2.15. The highest BCUT2D eigenvalue weighted by molar-refractivity contribution is 5.94. The van der Waals surface area contributed by atoms with Crippen LogP contribution < -0.4 is 10.6 Å². The molecular weight excluding hydrogens is 296 g/mol. The maximum Gasteiger partial charge on any atom is 0.326 e. The fourth-order valence-corrected chi connectivity index (χ4v) is 1.97. The molecule has 6 heteroatoms. The topological polar surface area (TPSA) is 95.5 Å². The molecule has 0 radical (unpaired) electrons. The smallest absolute Gasteiger partial charge is 0.326 e. The minimum Gasteiger partial charge on any atom is -0.480 e. The molecule has 0 heterocycles. The normalized spacial score (nSPS) is 12.2. The van der Waals surface area contributed by atoms with Crippen molar-refractivity contribution in [2.45, 2.75) is 33.2 Å². The molecule has 0 aliphatic carbocycles. The van der Waals surface area contributed by atoms with Crippen LogP contribution in [-0.2, 0) is 14.4 Å². The lowest BCUT2D eigenvalue weighted by atomic mass is 10.0. The highest BCUT2D eigenvalue weighted by Gasteiger charge is 2.19. The molecule has 0 saturated carbocycles. The van der Waals surface area contributed by atoms with Crippen LogP contribution in [0.25, 0.3) is 6.08 Å². The molecule has 1 aromatic rings. The van der Waals surface area contributed by atoms with E-state index in [4.69, 9.17) is 5.11 Å². The Morgan fingerprint density at radius 3 is 2.26 bits per heavy atom. The summed E-state index contributed by atoms with van der Waals surface area (Å²) in [5, 5.41) is 14.2. The van der Waals surface area contributed by atoms with E-state index in [1.54, 1.807) is 30.3 Å². The highest BCUT2D eigenvalue weighted by Crippen LogP contribution is 2.11. The fraction of sp³-hybridized carbons (Fsp3) is 0.353. The first-order valence-electron chi connectivity index (χ1n) is 7.37. The third-order valence-electron chi connectivity index (χ3n) is 2.98. The summed E-state index contributed by atoms with van der Waals surface area (Å²) in [4.78, 5) is 33.8. The van der Waals surface area contributed by atoms with E-state index in [0.717, 1.165) is 5.56 Å². The molecular formula is C17H22N2O4. The van der Waals surface area contributed by atoms with Crippen molar-refractivity contribution in [3.05, 3.63) is 35.9 Å². The van der Waals surface area contributed by atoms with Crippen molar-refractivity contribution in [3.63, 3.8) is 0 Å². The van der Waals surface area contributed by atoms with Crippen molar-refractivity contribution in [2.75, 3.05) is 5.32 Å². The standard InChI is InChI=1S/C17H22N2O4/c1-11(2)10-15(17(22)23)19-16(21)9-6-13-4-7-14(8-5-13)18-12(3)20/h4-9,11,15H,10H2,1-3H3,(H,18,20)(H,19,21)(H,22,23)/t15-/m1/s1. The van der Waals surface area contributed by atoms with Gasteiger partial charge in [-0.15, -0.1) is 0 Å². The van der Waals surface area contributed by atoms with Gasteiger partial charge in [0.1, 0.15) is 6.04 Å². The maximum absolute atomic E-state index is 11.8. The van der Waals surface area contributed by atoms with Gasteiger partial charge in [0.25, 0.3) is 0 Å². The Labute approximate surface area is 135 Å². The number of hydrogen-bond donors (Lipinski definition) is 3. The molecule has 0 aromatic heterocycles. The van der Waals surface area contributed by atoms with Crippen molar-refractivity contribution >= 4 is 29.5 Å². The number of carboxylic acid groups (broad SMARTS) is 1. The van der Waals surface area contributed by atoms with Crippen molar-refractivity contribution in [2.24, 2.45) is 5.92 Å². The zero-order valence-electron chi connectivity index (χ0n) is 13.5. The Kier molecular flexibility index (Phi) is 6.99. The van der Waals surface area contributed by atoms with E-state index in [0.29, 0.717) is 12.1 Å². The summed E-state index contributed by atoms with van der Waals surface area (Å²) in [5.41, 5.74) is 1.44. The van der Waals surface area contributed by atoms with Gasteiger partial charge in [-0.1, -0.05) is 26.0 Å². The number of carbonyl (C=O) groups excluding carboxylic acids is 2. The number of nitrogens with one attached hydrogen (secondary N) is 2. The number of rotatable bonds is 7. The van der Waals surface area contributed by atoms with Gasteiger partial charge in [0.2, 0.25) is 11.8 Å². The summed E-state index contributed by atoms with van der Waals surface area (Å²) in [6.45, 7) is 5.22. The zero-order valence-corrected chi connectivity index (χ0v) is 13.5. The quantitative estimate of drug-likeness (QED) is 0.672. The van der Waals surface area contributed by atoms with E-state index in [-0.39, 0.29) is 11.8 Å². The number of amides is 2. The van der Waals surface area contributed by atoms with Crippen LogP contribution in [0.2, 0.25) is 0 Å². The first kappa shape index (κ1) is 18.4. The van der Waals surface area contributed by atoms with Crippen molar-refractivity contribution in [3.8, 4) is 0 Å². The van der Waals surface area contributed by atoms with Gasteiger partial charge in [0, 0.05) is 18.7 Å². The first-order chi connectivity index (χ1) is 10.8. The van der Waals surface area contributed by atoms with Crippen LogP contribution in [0.3, 0.4) is 0 Å². The van der Waals surface area contributed by atoms with Gasteiger partial charge in [0.05, 0.1) is 0 Å². The molecule has 23 heavy (non-hydrogen) atoms. The van der Waals surface area contributed by atoms with Gasteiger partial charge in [-0.25, -0.2) is 4.79 Å². The van der Waals surface area contributed by atoms with Crippen LogP contribution in [0.1, 0.15) is 32.8 Å². The van der Waals surface area contributed by atoms with E-state index in [1.165, 1.54) is 13.0 Å². The molecule has 3 N–H and O–H groups in total. The van der Waals surface area contributed by atoms with E-state index >= 15 is 0 Å². The first-order valence-corrected chi connectivity index (χ1v) is 7.37. The predicted molar refractivity (Wildman–Crippen MR) is 88.8 cm³/mol. The molecule has 6 nitrogen and oxygen atoms in total. The van der Waals surface area contributed by atoms with Crippen LogP contribution in [-0.4, -0.2) is 28.9 Å². The Balaban J connectivity index is 2.63. The third kappa shape index (κ3) is 7.26. The molecule has 0 saturated heterocycles. The summed E-state index contributed by atoms with van der Waals surface area (Å²) in [6, 6.07) is 6.04. The Bertz CT molecular complexity index is 591. The van der Waals surface area contributed by atoms with Gasteiger partial charge in [-0.2, -0.15) is 0 Å². The van der Waals surface area contributed by atoms with E-state index in [9.17, 15) is 14.4 Å². The number of hydrogen-bond acceptors (Lipinski definition) is 3. The van der Waals surface area contributed by atoms with Crippen LogP contribution in [0.5, 0.6) is 0 Å². The molecule has 0 fully saturated rings. The van der Waals surface area contributed by atoms with Crippen molar-refractivity contribution in [1.82, 2.24) is 5.32 Å². The second-order valence-electron chi connectivity index (χ2n) is 5.67. The summed E-state index contributed by atoms with van der Waals surface area (Å²) >= 11 is 0. The number of carbonyl (C=O) groups is 3. The summed E-state index contributed by atoms with van der Waals surface area (Å²) in [7, 11) is 0. The van der Waals surface area contributed by atoms with Crippen molar-refractivity contribution < 1.29 is 19.5 Å². The Hall–Kier alpha value is -2.63. The van der Waals surface area contributed by atoms with Crippen LogP contribution in [0, 0.1) is 5.92 Å². The Morgan fingerprint density at radius 2 is 1.78 bits per heavy atom. The predicted octanol–water partition coefficient (Wildman–Crippen LogP) is 2.27. The Morgan fingerprint density at radius 1 is 1.17 bits per heavy atom. The van der Waals surface area contributed by atoms with Crippen LogP contribution in [0.4, 0.5) is 5.69 Å². The number of benzene rings is 1. The molecule has 1 rings (SSSR count). The summed E-state index contributed by atoms with van der Waals surface area (Å²) in [5.74, 6) is -1.48. The number of anilines is 1. The molecule has 0 unspecified atom stereocenters. The average molecular weight is 318 g/mol. The highest BCUT2D eigenvalue weighted by atomic mass is 16.4. The molecule has 2 amide bonds. The summed E-state index contributed by atoms with van der Waals surface area (Å²) < 4.78 is 0. The van der Waals surface area contributed by atoms with E-state index < -0.39 is 17.9 Å². The molecule has 0 aliphatic heterocycles. The average Bonchev–Trinajstić information content (AvgIpc) is 2.44. The maximum atomic E-state index is 11.8. The molecule has 0 aliphatic rings. The third-order valence-corrected chi connectivity index (χ3v) is 2.98.